The quantitative estimate of drug-likeness (QED) is 0.528. The monoisotopic (exact) mass is 468 g/mol. The van der Waals surface area contributed by atoms with Gasteiger partial charge in [0.1, 0.15) is 6.26 Å². The van der Waals surface area contributed by atoms with Gasteiger partial charge in [0.25, 0.3) is 11.9 Å². The lowest BCUT2D eigenvalue weighted by Crippen LogP contribution is -2.50. The Hall–Kier alpha value is -2.34. The molecule has 1 saturated carbocycles. The summed E-state index contributed by atoms with van der Waals surface area (Å²) >= 11 is 6.23. The molecule has 1 aromatic carbocycles. The fourth-order valence-corrected chi connectivity index (χ4v) is 4.94. The molecule has 31 heavy (non-hydrogen) atoms. The van der Waals surface area contributed by atoms with Crippen molar-refractivity contribution in [2.45, 2.75) is 18.9 Å². The van der Waals surface area contributed by atoms with E-state index in [2.05, 4.69) is 20.5 Å². The number of nitrogens with one attached hydrogen (secondary N) is 2. The Morgan fingerprint density at radius 1 is 1.26 bits per heavy atom. The fraction of sp³-hybridized carbons (Fsp3) is 0.474. The van der Waals surface area contributed by atoms with Gasteiger partial charge in [-0.05, 0) is 31.0 Å². The Labute approximate surface area is 185 Å². The lowest BCUT2D eigenvalue weighted by molar-refractivity contribution is 0.102. The maximum absolute atomic E-state index is 12.6. The number of carbonyl (C=O) groups excluding carboxylic acids is 1. The molecule has 0 unspecified atom stereocenters. The Kier molecular flexibility index (Phi) is 6.37. The van der Waals surface area contributed by atoms with Crippen molar-refractivity contribution >= 4 is 44.9 Å². The molecule has 2 heterocycles. The van der Waals surface area contributed by atoms with Crippen molar-refractivity contribution in [2.24, 2.45) is 0 Å². The van der Waals surface area contributed by atoms with Crippen LogP contribution in [0.3, 0.4) is 0 Å². The van der Waals surface area contributed by atoms with Crippen molar-refractivity contribution in [1.82, 2.24) is 14.6 Å². The van der Waals surface area contributed by atoms with Crippen LogP contribution < -0.4 is 21.3 Å². The molecule has 1 amide bonds. The summed E-state index contributed by atoms with van der Waals surface area (Å²) in [6, 6.07) is 5.69. The van der Waals surface area contributed by atoms with E-state index in [-0.39, 0.29) is 17.5 Å². The SMILES string of the molecule is Nc1nc(C(=O)Nc2cc(N3CCN(S(=O)(=O)CCNC4CC4)CC3)ccc2Cl)co1. The molecule has 0 radical (unpaired) electrons. The second-order valence-corrected chi connectivity index (χ2v) is 10.1. The number of nitrogen functional groups attached to an aromatic ring is 1. The molecule has 1 aliphatic heterocycles. The maximum atomic E-state index is 12.6. The minimum absolute atomic E-state index is 0.0500. The van der Waals surface area contributed by atoms with Crippen LogP contribution in [0.1, 0.15) is 23.3 Å². The Bertz CT molecular complexity index is 1050. The van der Waals surface area contributed by atoms with Crippen LogP contribution in [0.2, 0.25) is 5.02 Å². The van der Waals surface area contributed by atoms with Crippen LogP contribution in [-0.4, -0.2) is 68.1 Å². The summed E-state index contributed by atoms with van der Waals surface area (Å²) in [4.78, 5) is 18.2. The van der Waals surface area contributed by atoms with Gasteiger partial charge in [-0.3, -0.25) is 4.79 Å². The first-order chi connectivity index (χ1) is 14.8. The standard InChI is InChI=1S/C19H25ClN6O4S/c20-15-4-3-14(11-16(15)23-18(27)17-12-30-19(21)24-17)25-6-8-26(9-7-25)31(28,29)10-5-22-13-1-2-13/h3-4,11-13,22H,1-2,5-10H2,(H2,21,24)(H,23,27). The number of hydrogen-bond acceptors (Lipinski definition) is 8. The normalized spacial score (nSPS) is 17.6. The second kappa shape index (κ2) is 9.03. The Morgan fingerprint density at radius 3 is 2.65 bits per heavy atom. The Morgan fingerprint density at radius 2 is 2.00 bits per heavy atom. The van der Waals surface area contributed by atoms with E-state index < -0.39 is 15.9 Å². The van der Waals surface area contributed by atoms with E-state index in [1.165, 1.54) is 6.26 Å². The molecule has 10 nitrogen and oxygen atoms in total. The van der Waals surface area contributed by atoms with E-state index in [0.717, 1.165) is 18.5 Å². The lowest BCUT2D eigenvalue weighted by Gasteiger charge is -2.35. The number of hydrogen-bond donors (Lipinski definition) is 3. The number of carbonyl (C=O) groups is 1. The van der Waals surface area contributed by atoms with E-state index >= 15 is 0 Å². The van der Waals surface area contributed by atoms with Crippen molar-refractivity contribution in [2.75, 3.05) is 54.4 Å². The van der Waals surface area contributed by atoms with Gasteiger partial charge >= 0.3 is 0 Å². The molecule has 0 atom stereocenters. The number of oxazole rings is 1. The number of nitrogens with zero attached hydrogens (tertiary/aromatic N) is 3. The van der Waals surface area contributed by atoms with Gasteiger partial charge in [-0.25, -0.2) is 8.42 Å². The summed E-state index contributed by atoms with van der Waals surface area (Å²) in [5.41, 5.74) is 6.72. The van der Waals surface area contributed by atoms with E-state index in [9.17, 15) is 13.2 Å². The fourth-order valence-electron chi connectivity index (χ4n) is 3.42. The molecule has 1 aliphatic carbocycles. The highest BCUT2D eigenvalue weighted by molar-refractivity contribution is 7.89. The summed E-state index contributed by atoms with van der Waals surface area (Å²) in [6.07, 6.45) is 3.44. The van der Waals surface area contributed by atoms with Crippen molar-refractivity contribution in [3.63, 3.8) is 0 Å². The summed E-state index contributed by atoms with van der Waals surface area (Å²) < 4.78 is 31.5. The molecule has 2 fully saturated rings. The smallest absolute Gasteiger partial charge is 0.292 e. The third-order valence-electron chi connectivity index (χ3n) is 5.32. The topological polar surface area (TPSA) is 134 Å². The van der Waals surface area contributed by atoms with Crippen molar-refractivity contribution in [1.29, 1.82) is 0 Å². The van der Waals surface area contributed by atoms with E-state index in [1.54, 1.807) is 16.4 Å². The van der Waals surface area contributed by atoms with E-state index in [4.69, 9.17) is 21.8 Å². The molecule has 2 aromatic rings. The molecular weight excluding hydrogens is 444 g/mol. The predicted octanol–water partition coefficient (Wildman–Crippen LogP) is 1.37. The number of benzene rings is 1. The molecule has 1 aromatic heterocycles. The highest BCUT2D eigenvalue weighted by Gasteiger charge is 2.28. The number of rotatable bonds is 8. The summed E-state index contributed by atoms with van der Waals surface area (Å²) in [5.74, 6) is -0.372. The summed E-state index contributed by atoms with van der Waals surface area (Å²) in [5, 5.41) is 6.32. The Balaban J connectivity index is 1.35. The number of aromatic nitrogens is 1. The zero-order valence-electron chi connectivity index (χ0n) is 16.9. The van der Waals surface area contributed by atoms with Crippen LogP contribution in [0.5, 0.6) is 0 Å². The van der Waals surface area contributed by atoms with Crippen LogP contribution >= 0.6 is 11.6 Å². The first-order valence-corrected chi connectivity index (χ1v) is 12.1. The molecule has 168 valence electrons. The van der Waals surface area contributed by atoms with Crippen LogP contribution in [0.25, 0.3) is 0 Å². The first kappa shape index (κ1) is 21.9. The van der Waals surface area contributed by atoms with E-state index in [0.29, 0.717) is 49.5 Å². The second-order valence-electron chi connectivity index (χ2n) is 7.62. The lowest BCUT2D eigenvalue weighted by atomic mass is 10.2. The van der Waals surface area contributed by atoms with Gasteiger partial charge in [0.15, 0.2) is 5.69 Å². The van der Waals surface area contributed by atoms with Gasteiger partial charge in [0.05, 0.1) is 16.5 Å². The minimum atomic E-state index is -3.28. The highest BCUT2D eigenvalue weighted by Crippen LogP contribution is 2.29. The number of anilines is 3. The summed E-state index contributed by atoms with van der Waals surface area (Å²) in [7, 11) is -3.28. The number of piperazine rings is 1. The molecule has 1 saturated heterocycles. The number of sulfonamides is 1. The van der Waals surface area contributed by atoms with Crippen LogP contribution in [0.4, 0.5) is 17.4 Å². The first-order valence-electron chi connectivity index (χ1n) is 10.1. The van der Waals surface area contributed by atoms with Crippen molar-refractivity contribution < 1.29 is 17.6 Å². The van der Waals surface area contributed by atoms with Crippen LogP contribution in [0, 0.1) is 0 Å². The number of amides is 1. The number of halogens is 1. The van der Waals surface area contributed by atoms with Crippen molar-refractivity contribution in [3.8, 4) is 0 Å². The molecule has 2 aliphatic rings. The summed E-state index contributed by atoms with van der Waals surface area (Å²) in [6.45, 7) is 2.40. The molecule has 4 N–H and O–H groups in total. The average Bonchev–Trinajstić information content (AvgIpc) is 3.47. The van der Waals surface area contributed by atoms with E-state index in [1.807, 2.05) is 6.07 Å². The van der Waals surface area contributed by atoms with Gasteiger partial charge in [-0.2, -0.15) is 9.29 Å². The minimum Gasteiger partial charge on any atom is -0.431 e. The number of nitrogens with two attached hydrogens (primary N) is 1. The van der Waals surface area contributed by atoms with Gasteiger partial charge < -0.3 is 25.7 Å². The average molecular weight is 469 g/mol. The van der Waals surface area contributed by atoms with Gasteiger partial charge in [-0.1, -0.05) is 11.6 Å². The van der Waals surface area contributed by atoms with Crippen molar-refractivity contribution in [3.05, 3.63) is 35.2 Å². The third kappa shape index (κ3) is 5.48. The van der Waals surface area contributed by atoms with Crippen LogP contribution in [0.15, 0.2) is 28.9 Å². The molecule has 0 spiro atoms. The van der Waals surface area contributed by atoms with Gasteiger partial charge in [0.2, 0.25) is 10.0 Å². The van der Waals surface area contributed by atoms with Gasteiger partial charge in [0, 0.05) is 44.5 Å². The zero-order chi connectivity index (χ0) is 22.0. The molecule has 0 bridgehead atoms. The third-order valence-corrected chi connectivity index (χ3v) is 7.52. The predicted molar refractivity (Wildman–Crippen MR) is 119 cm³/mol. The van der Waals surface area contributed by atoms with Crippen LogP contribution in [-0.2, 0) is 10.0 Å². The highest BCUT2D eigenvalue weighted by atomic mass is 35.5. The molecule has 4 rings (SSSR count). The largest absolute Gasteiger partial charge is 0.431 e. The molecular formula is C19H25ClN6O4S. The van der Waals surface area contributed by atoms with Gasteiger partial charge in [-0.15, -0.1) is 0 Å². The zero-order valence-corrected chi connectivity index (χ0v) is 18.5. The maximum Gasteiger partial charge on any atom is 0.292 e. The molecule has 12 heteroatoms.